The molecule has 5 bridgehead atoms. The van der Waals surface area contributed by atoms with E-state index in [-0.39, 0.29) is 0 Å². The van der Waals surface area contributed by atoms with Crippen LogP contribution >= 0.6 is 0 Å². The van der Waals surface area contributed by atoms with Crippen LogP contribution in [0.2, 0.25) is 0 Å². The highest BCUT2D eigenvalue weighted by Gasteiger charge is 2.29. The molecule has 0 amide bonds. The van der Waals surface area contributed by atoms with Crippen molar-refractivity contribution in [3.8, 4) is 0 Å². The zero-order chi connectivity index (χ0) is 14.8. The zero-order valence-corrected chi connectivity index (χ0v) is 12.8. The van der Waals surface area contributed by atoms with E-state index >= 15 is 0 Å². The molecular weight excluding hydrogens is 272 g/mol. The molecule has 0 saturated carbocycles. The van der Waals surface area contributed by atoms with Crippen LogP contribution in [-0.4, -0.2) is 17.9 Å². The number of hydrogen-bond acceptors (Lipinski definition) is 3. The van der Waals surface area contributed by atoms with E-state index in [1.165, 1.54) is 27.1 Å². The second-order valence-corrected chi connectivity index (χ2v) is 6.70. The largest absolute Gasteiger partial charge is 0.368 e. The zero-order valence-electron chi connectivity index (χ0n) is 12.8. The second-order valence-electron chi connectivity index (χ2n) is 6.70. The molecule has 2 heterocycles. The fraction of sp³-hybridized carbons (Fsp3) is 0.368. The molecule has 1 atom stereocenters. The standard InChI is InChI=1S/C19H20N2O/c1-11-16-9-13-5-6-14-12-3-2-4-15(14)17(13)10-18(16)21(19(11)22)20-8-7-12/h2-3,9-10,19-20,22H,4-8H2,1H3/t19-/m0/s1. The molecule has 112 valence electrons. The fourth-order valence-electron chi connectivity index (χ4n) is 4.40. The average Bonchev–Trinajstić information content (AvgIpc) is 2.76. The van der Waals surface area contributed by atoms with Gasteiger partial charge in [-0.1, -0.05) is 12.2 Å². The van der Waals surface area contributed by atoms with Crippen molar-refractivity contribution < 1.29 is 5.11 Å². The number of aliphatic hydroxyl groups excluding tert-OH is 1. The van der Waals surface area contributed by atoms with Crippen LogP contribution in [0.5, 0.6) is 0 Å². The Bertz CT molecular complexity index is 875. The average molecular weight is 292 g/mol. The Morgan fingerprint density at radius 2 is 2.05 bits per heavy atom. The maximum absolute atomic E-state index is 10.6. The summed E-state index contributed by atoms with van der Waals surface area (Å²) >= 11 is 0. The number of hydrogen-bond donors (Lipinski definition) is 2. The van der Waals surface area contributed by atoms with Crippen molar-refractivity contribution in [2.24, 2.45) is 0 Å². The smallest absolute Gasteiger partial charge is 0.163 e. The molecule has 4 aliphatic rings. The van der Waals surface area contributed by atoms with Gasteiger partial charge in [0.1, 0.15) is 0 Å². The number of aliphatic hydroxyl groups is 1. The highest BCUT2D eigenvalue weighted by Crippen LogP contribution is 2.34. The van der Waals surface area contributed by atoms with Gasteiger partial charge < -0.3 is 5.11 Å². The first-order chi connectivity index (χ1) is 10.7. The van der Waals surface area contributed by atoms with Gasteiger partial charge in [-0.2, -0.15) is 0 Å². The van der Waals surface area contributed by atoms with Crippen molar-refractivity contribution in [1.82, 2.24) is 5.43 Å². The van der Waals surface area contributed by atoms with Crippen LogP contribution in [0.1, 0.15) is 31.7 Å². The molecule has 1 aromatic rings. The van der Waals surface area contributed by atoms with E-state index in [2.05, 4.69) is 29.7 Å². The molecule has 5 rings (SSSR count). The minimum Gasteiger partial charge on any atom is -0.368 e. The molecule has 2 N–H and O–H groups in total. The van der Waals surface area contributed by atoms with Gasteiger partial charge >= 0.3 is 0 Å². The fourth-order valence-corrected chi connectivity index (χ4v) is 4.40. The van der Waals surface area contributed by atoms with Crippen molar-refractivity contribution in [2.45, 2.75) is 38.8 Å². The normalized spacial score (nSPS) is 25.4. The number of hydrazine groups is 1. The third kappa shape index (κ3) is 1.53. The van der Waals surface area contributed by atoms with E-state index in [9.17, 15) is 5.11 Å². The van der Waals surface area contributed by atoms with Gasteiger partial charge in [0.15, 0.2) is 6.23 Å². The van der Waals surface area contributed by atoms with Gasteiger partial charge in [0, 0.05) is 11.8 Å². The first-order valence-electron chi connectivity index (χ1n) is 8.21. The van der Waals surface area contributed by atoms with E-state index in [0.29, 0.717) is 0 Å². The monoisotopic (exact) mass is 292 g/mol. The summed E-state index contributed by atoms with van der Waals surface area (Å²) < 4.78 is 0. The molecular formula is C19H20N2O. The lowest BCUT2D eigenvalue weighted by Gasteiger charge is -2.30. The number of aryl methyl sites for hydroxylation is 1. The Hall–Kier alpha value is -1.84. The molecule has 1 aromatic carbocycles. The maximum Gasteiger partial charge on any atom is 0.163 e. The van der Waals surface area contributed by atoms with Crippen molar-refractivity contribution in [3.63, 3.8) is 0 Å². The third-order valence-electron chi connectivity index (χ3n) is 5.58. The Kier molecular flexibility index (Phi) is 2.50. The summed E-state index contributed by atoms with van der Waals surface area (Å²) in [5.74, 6) is 0. The summed E-state index contributed by atoms with van der Waals surface area (Å²) in [5.41, 5.74) is 11.6. The number of nitrogens with one attached hydrogen (secondary N) is 1. The second kappa shape index (κ2) is 4.34. The van der Waals surface area contributed by atoms with Crippen LogP contribution in [0.15, 0.2) is 35.4 Å². The topological polar surface area (TPSA) is 35.5 Å². The van der Waals surface area contributed by atoms with Crippen LogP contribution in [0.4, 0.5) is 5.69 Å². The van der Waals surface area contributed by atoms with E-state index in [1.807, 2.05) is 11.9 Å². The quantitative estimate of drug-likeness (QED) is 0.755. The first-order valence-corrected chi connectivity index (χ1v) is 8.21. The van der Waals surface area contributed by atoms with Gasteiger partial charge in [-0.25, -0.2) is 5.43 Å². The molecule has 3 heteroatoms. The van der Waals surface area contributed by atoms with Gasteiger partial charge in [-0.15, -0.1) is 0 Å². The number of rotatable bonds is 0. The number of benzene rings is 1. The van der Waals surface area contributed by atoms with Crippen molar-refractivity contribution in [2.75, 3.05) is 11.6 Å². The van der Waals surface area contributed by atoms with Gasteiger partial charge in [-0.05, 0) is 77.8 Å². The highest BCUT2D eigenvalue weighted by molar-refractivity contribution is 5.76. The molecule has 2 aliphatic heterocycles. The van der Waals surface area contributed by atoms with Crippen molar-refractivity contribution in [3.05, 3.63) is 51.4 Å². The molecule has 0 fully saturated rings. The summed E-state index contributed by atoms with van der Waals surface area (Å²) in [6.45, 7) is 2.90. The van der Waals surface area contributed by atoms with Crippen molar-refractivity contribution >= 4 is 16.8 Å². The molecule has 0 radical (unpaired) electrons. The molecule has 3 nitrogen and oxygen atoms in total. The number of allylic oxidation sites excluding steroid dienone is 3. The molecule has 0 aromatic heterocycles. The van der Waals surface area contributed by atoms with Gasteiger partial charge in [0.25, 0.3) is 0 Å². The van der Waals surface area contributed by atoms with Crippen molar-refractivity contribution in [1.29, 1.82) is 0 Å². The van der Waals surface area contributed by atoms with Crippen LogP contribution in [0.25, 0.3) is 11.1 Å². The summed E-state index contributed by atoms with van der Waals surface area (Å²) in [5, 5.41) is 15.1. The Labute approximate surface area is 129 Å². The van der Waals surface area contributed by atoms with Crippen LogP contribution in [-0.2, 0) is 6.42 Å². The van der Waals surface area contributed by atoms with Crippen LogP contribution in [0, 0.1) is 0 Å². The third-order valence-corrected chi connectivity index (χ3v) is 5.58. The highest BCUT2D eigenvalue weighted by atomic mass is 16.3. The van der Waals surface area contributed by atoms with Gasteiger partial charge in [-0.3, -0.25) is 5.01 Å². The predicted octanol–water partition coefficient (Wildman–Crippen LogP) is 1.26. The van der Waals surface area contributed by atoms with Crippen LogP contribution in [0.3, 0.4) is 0 Å². The summed E-state index contributed by atoms with van der Waals surface area (Å²) in [6, 6.07) is 4.61. The Balaban J connectivity index is 1.91. The minimum absolute atomic E-state index is 0.549. The Morgan fingerprint density at radius 1 is 1.14 bits per heavy atom. The number of nitrogens with zero attached hydrogens (tertiary/aromatic N) is 1. The van der Waals surface area contributed by atoms with Gasteiger partial charge in [0.05, 0.1) is 5.69 Å². The molecule has 0 spiro atoms. The lowest BCUT2D eigenvalue weighted by atomic mass is 9.80. The summed E-state index contributed by atoms with van der Waals surface area (Å²) in [6.07, 6.45) is 8.41. The molecule has 0 saturated heterocycles. The lowest BCUT2D eigenvalue weighted by Crippen LogP contribution is -2.45. The molecule has 0 unspecified atom stereocenters. The van der Waals surface area contributed by atoms with E-state index in [1.54, 1.807) is 5.57 Å². The van der Waals surface area contributed by atoms with Crippen LogP contribution < -0.4 is 20.9 Å². The first kappa shape index (κ1) is 12.7. The summed E-state index contributed by atoms with van der Waals surface area (Å²) in [7, 11) is 0. The molecule has 2 aliphatic carbocycles. The molecule has 22 heavy (non-hydrogen) atoms. The van der Waals surface area contributed by atoms with E-state index in [4.69, 9.17) is 0 Å². The van der Waals surface area contributed by atoms with E-state index < -0.39 is 6.23 Å². The number of anilines is 1. The van der Waals surface area contributed by atoms with Gasteiger partial charge in [0.2, 0.25) is 0 Å². The Morgan fingerprint density at radius 3 is 2.95 bits per heavy atom. The maximum atomic E-state index is 10.6. The minimum atomic E-state index is -0.549. The predicted molar refractivity (Wildman–Crippen MR) is 88.4 cm³/mol. The summed E-state index contributed by atoms with van der Waals surface area (Å²) in [4.78, 5) is 0. The SMILES string of the molecule is CC1=c2cc3c4cc2N(NCCC2=C(CC3)C=4CC=C2)[C@H]1O. The lowest BCUT2D eigenvalue weighted by molar-refractivity contribution is 0.213. The van der Waals surface area contributed by atoms with E-state index in [0.717, 1.165) is 43.5 Å².